The second kappa shape index (κ2) is 6.81. The number of rotatable bonds is 3. The van der Waals surface area contributed by atoms with E-state index >= 15 is 0 Å². The normalized spacial score (nSPS) is 19.9. The van der Waals surface area contributed by atoms with E-state index < -0.39 is 12.0 Å². The molecule has 2 fully saturated rings. The van der Waals surface area contributed by atoms with Gasteiger partial charge in [0.1, 0.15) is 11.7 Å². The second-order valence-electron chi connectivity index (χ2n) is 6.42. The van der Waals surface area contributed by atoms with Gasteiger partial charge in [0.15, 0.2) is 0 Å². The molecule has 3 amide bonds. The molecular weight excluding hydrogens is 340 g/mol. The molecule has 3 heterocycles. The molecule has 9 heteroatoms. The number of piperazine rings is 2. The van der Waals surface area contributed by atoms with E-state index in [0.29, 0.717) is 29.9 Å². The summed E-state index contributed by atoms with van der Waals surface area (Å²) in [6, 6.07) is -0.668. The van der Waals surface area contributed by atoms with Crippen molar-refractivity contribution in [2.75, 3.05) is 32.8 Å². The lowest BCUT2D eigenvalue weighted by Crippen LogP contribution is -2.66. The van der Waals surface area contributed by atoms with Crippen LogP contribution in [-0.2, 0) is 14.3 Å². The Balaban J connectivity index is 1.83. The highest BCUT2D eigenvalue weighted by atomic mass is 16.5. The van der Waals surface area contributed by atoms with E-state index in [1.54, 1.807) is 25.7 Å². The van der Waals surface area contributed by atoms with Gasteiger partial charge in [0.05, 0.1) is 25.3 Å². The molecule has 2 aliphatic rings. The number of aromatic nitrogens is 1. The summed E-state index contributed by atoms with van der Waals surface area (Å²) >= 11 is 0. The summed E-state index contributed by atoms with van der Waals surface area (Å²) in [5.74, 6) is -1.16. The zero-order chi connectivity index (χ0) is 19.0. The molecule has 2 N–H and O–H groups in total. The molecule has 0 unspecified atom stereocenters. The van der Waals surface area contributed by atoms with Crippen LogP contribution in [0.25, 0.3) is 0 Å². The number of hydrogen-bond acceptors (Lipinski definition) is 5. The van der Waals surface area contributed by atoms with Gasteiger partial charge in [-0.2, -0.15) is 0 Å². The van der Waals surface area contributed by atoms with Gasteiger partial charge in [-0.1, -0.05) is 0 Å². The van der Waals surface area contributed by atoms with Crippen LogP contribution in [0.4, 0.5) is 0 Å². The number of carbonyl (C=O) groups is 4. The molecule has 140 valence electrons. The Kier molecular flexibility index (Phi) is 4.71. The Bertz CT molecular complexity index is 784. The Morgan fingerprint density at radius 2 is 1.96 bits per heavy atom. The number of aromatic amines is 1. The summed E-state index contributed by atoms with van der Waals surface area (Å²) in [4.78, 5) is 55.0. The van der Waals surface area contributed by atoms with Crippen LogP contribution in [-0.4, -0.2) is 77.3 Å². The fraction of sp³-hybridized carbons (Fsp3) is 0.529. The number of nitrogens with one attached hydrogen (secondary N) is 2. The molecule has 1 aromatic heterocycles. The molecule has 3 rings (SSSR count). The van der Waals surface area contributed by atoms with Crippen LogP contribution in [0.3, 0.4) is 0 Å². The average molecular weight is 362 g/mol. The van der Waals surface area contributed by atoms with Crippen molar-refractivity contribution in [3.63, 3.8) is 0 Å². The SMILES string of the molecule is CCOC(=O)c1[nH]c(C)c(C(=O)N2CCN3C(=O)CNC(=O)[C@@H]3C2)c1C. The first kappa shape index (κ1) is 18.0. The van der Waals surface area contributed by atoms with E-state index in [9.17, 15) is 19.2 Å². The molecular formula is C17H22N4O5. The van der Waals surface area contributed by atoms with Crippen molar-refractivity contribution in [2.24, 2.45) is 0 Å². The second-order valence-corrected chi connectivity index (χ2v) is 6.42. The van der Waals surface area contributed by atoms with E-state index in [1.807, 2.05) is 0 Å². The van der Waals surface area contributed by atoms with Gasteiger partial charge >= 0.3 is 5.97 Å². The largest absolute Gasteiger partial charge is 0.461 e. The highest BCUT2D eigenvalue weighted by Gasteiger charge is 2.40. The Morgan fingerprint density at radius 1 is 1.23 bits per heavy atom. The fourth-order valence-electron chi connectivity index (χ4n) is 3.51. The first-order chi connectivity index (χ1) is 12.3. The number of fused-ring (bicyclic) bond motifs is 1. The molecule has 26 heavy (non-hydrogen) atoms. The number of nitrogens with zero attached hydrogens (tertiary/aromatic N) is 2. The van der Waals surface area contributed by atoms with Crippen LogP contribution < -0.4 is 5.32 Å². The van der Waals surface area contributed by atoms with Gasteiger partial charge in [-0.05, 0) is 26.3 Å². The number of esters is 1. The van der Waals surface area contributed by atoms with Gasteiger partial charge in [-0.15, -0.1) is 0 Å². The minimum Gasteiger partial charge on any atom is -0.461 e. The van der Waals surface area contributed by atoms with E-state index in [0.717, 1.165) is 0 Å². The van der Waals surface area contributed by atoms with Crippen molar-refractivity contribution in [3.8, 4) is 0 Å². The van der Waals surface area contributed by atoms with E-state index in [4.69, 9.17) is 4.74 Å². The third-order valence-electron chi connectivity index (χ3n) is 4.84. The predicted octanol–water partition coefficient (Wildman–Crippen LogP) is -0.409. The van der Waals surface area contributed by atoms with Gasteiger partial charge in [0.25, 0.3) is 5.91 Å². The molecule has 0 radical (unpaired) electrons. The third kappa shape index (κ3) is 2.93. The molecule has 2 aliphatic heterocycles. The number of H-pyrrole nitrogens is 1. The van der Waals surface area contributed by atoms with Crippen molar-refractivity contribution >= 4 is 23.7 Å². The fourth-order valence-corrected chi connectivity index (χ4v) is 3.51. The zero-order valence-corrected chi connectivity index (χ0v) is 15.0. The maximum absolute atomic E-state index is 13.0. The highest BCUT2D eigenvalue weighted by molar-refractivity contribution is 6.02. The van der Waals surface area contributed by atoms with Crippen molar-refractivity contribution < 1.29 is 23.9 Å². The first-order valence-electron chi connectivity index (χ1n) is 8.57. The van der Waals surface area contributed by atoms with Crippen LogP contribution in [0.1, 0.15) is 39.0 Å². The molecule has 0 aliphatic carbocycles. The van der Waals surface area contributed by atoms with Gasteiger partial charge in [0, 0.05) is 18.8 Å². The molecule has 9 nitrogen and oxygen atoms in total. The highest BCUT2D eigenvalue weighted by Crippen LogP contribution is 2.23. The minimum atomic E-state index is -0.668. The van der Waals surface area contributed by atoms with Gasteiger partial charge in [0.2, 0.25) is 11.8 Å². The van der Waals surface area contributed by atoms with Crippen molar-refractivity contribution in [1.29, 1.82) is 0 Å². The van der Waals surface area contributed by atoms with Crippen LogP contribution in [0.2, 0.25) is 0 Å². The molecule has 0 aromatic carbocycles. The third-order valence-corrected chi connectivity index (χ3v) is 4.84. The number of ether oxygens (including phenoxy) is 1. The quantitative estimate of drug-likeness (QED) is 0.710. The Hall–Kier alpha value is -2.84. The van der Waals surface area contributed by atoms with Crippen molar-refractivity contribution in [3.05, 3.63) is 22.5 Å². The van der Waals surface area contributed by atoms with Crippen LogP contribution in [0, 0.1) is 13.8 Å². The lowest BCUT2D eigenvalue weighted by molar-refractivity contribution is -0.148. The number of hydrogen-bond donors (Lipinski definition) is 2. The topological polar surface area (TPSA) is 112 Å². The number of amides is 3. The molecule has 0 saturated carbocycles. The molecule has 0 spiro atoms. The number of carbonyl (C=O) groups excluding carboxylic acids is 4. The minimum absolute atomic E-state index is 0.00219. The van der Waals surface area contributed by atoms with Gasteiger partial charge in [-0.25, -0.2) is 4.79 Å². The van der Waals surface area contributed by atoms with E-state index in [-0.39, 0.29) is 43.1 Å². The molecule has 1 atom stereocenters. The zero-order valence-electron chi connectivity index (χ0n) is 15.0. The molecule has 0 bridgehead atoms. The maximum Gasteiger partial charge on any atom is 0.355 e. The van der Waals surface area contributed by atoms with Crippen LogP contribution in [0.15, 0.2) is 0 Å². The lowest BCUT2D eigenvalue weighted by Gasteiger charge is -2.42. The van der Waals surface area contributed by atoms with Crippen LogP contribution in [0.5, 0.6) is 0 Å². The lowest BCUT2D eigenvalue weighted by atomic mass is 10.0. The van der Waals surface area contributed by atoms with Crippen molar-refractivity contribution in [1.82, 2.24) is 20.1 Å². The predicted molar refractivity (Wildman–Crippen MR) is 90.6 cm³/mol. The average Bonchev–Trinajstić information content (AvgIpc) is 2.92. The maximum atomic E-state index is 13.0. The summed E-state index contributed by atoms with van der Waals surface area (Å²) < 4.78 is 5.01. The first-order valence-corrected chi connectivity index (χ1v) is 8.57. The Morgan fingerprint density at radius 3 is 2.65 bits per heavy atom. The molecule has 1 aromatic rings. The summed E-state index contributed by atoms with van der Waals surface area (Å²) in [5, 5.41) is 2.55. The smallest absolute Gasteiger partial charge is 0.355 e. The Labute approximate surface area is 150 Å². The van der Waals surface area contributed by atoms with Gasteiger partial charge in [-0.3, -0.25) is 14.4 Å². The van der Waals surface area contributed by atoms with E-state index in [2.05, 4.69) is 10.3 Å². The molecule has 2 saturated heterocycles. The van der Waals surface area contributed by atoms with Crippen molar-refractivity contribution in [2.45, 2.75) is 26.8 Å². The summed E-state index contributed by atoms with van der Waals surface area (Å²) in [6.45, 7) is 6.16. The summed E-state index contributed by atoms with van der Waals surface area (Å²) in [7, 11) is 0. The van der Waals surface area contributed by atoms with Gasteiger partial charge < -0.3 is 24.8 Å². The number of aryl methyl sites for hydroxylation is 1. The summed E-state index contributed by atoms with van der Waals surface area (Å²) in [6.07, 6.45) is 0. The standard InChI is InChI=1S/C17H22N4O5/c1-4-26-17(25)14-9(2)13(10(3)19-14)16(24)20-5-6-21-11(8-20)15(23)18-7-12(21)22/h11,19H,4-8H2,1-3H3,(H,18,23)/t11-/m0/s1. The van der Waals surface area contributed by atoms with E-state index in [1.165, 1.54) is 4.90 Å². The summed E-state index contributed by atoms with van der Waals surface area (Å²) in [5.41, 5.74) is 1.76. The van der Waals surface area contributed by atoms with Crippen LogP contribution >= 0.6 is 0 Å². The monoisotopic (exact) mass is 362 g/mol.